The van der Waals surface area contributed by atoms with E-state index in [0.29, 0.717) is 13.2 Å². The largest absolute Gasteiger partial charge is 0.383 e. The zero-order chi connectivity index (χ0) is 13.6. The summed E-state index contributed by atoms with van der Waals surface area (Å²) in [6.45, 7) is 2.72. The quantitative estimate of drug-likeness (QED) is 0.669. The SMILES string of the molecule is COCCNC(=O)C1(Nc2nccs2)CCNCC1.Cl.Cl. The Labute approximate surface area is 141 Å². The number of carbonyl (C=O) groups excluding carboxylic acids is 1. The van der Waals surface area contributed by atoms with Crippen molar-refractivity contribution in [1.82, 2.24) is 15.6 Å². The first-order valence-corrected chi connectivity index (χ1v) is 7.30. The van der Waals surface area contributed by atoms with Gasteiger partial charge < -0.3 is 20.7 Å². The Kier molecular flexibility index (Phi) is 9.89. The molecule has 3 N–H and O–H groups in total. The number of amides is 1. The fourth-order valence-corrected chi connectivity index (χ4v) is 2.81. The molecule has 0 aromatic carbocycles. The molecular weight excluding hydrogens is 335 g/mol. The van der Waals surface area contributed by atoms with Crippen LogP contribution < -0.4 is 16.0 Å². The number of ether oxygens (including phenoxy) is 1. The van der Waals surface area contributed by atoms with Gasteiger partial charge in [-0.1, -0.05) is 0 Å². The summed E-state index contributed by atoms with van der Waals surface area (Å²) in [5, 5.41) is 12.2. The van der Waals surface area contributed by atoms with Crippen LogP contribution in [0.2, 0.25) is 0 Å². The number of anilines is 1. The highest BCUT2D eigenvalue weighted by molar-refractivity contribution is 7.13. The molecule has 1 aromatic rings. The smallest absolute Gasteiger partial charge is 0.245 e. The number of carbonyl (C=O) groups is 1. The van der Waals surface area contributed by atoms with Crippen LogP contribution in [0, 0.1) is 0 Å². The van der Waals surface area contributed by atoms with E-state index < -0.39 is 5.54 Å². The van der Waals surface area contributed by atoms with Crippen LogP contribution >= 0.6 is 36.2 Å². The minimum absolute atomic E-state index is 0. The van der Waals surface area contributed by atoms with Crippen molar-refractivity contribution in [2.75, 3.05) is 38.7 Å². The molecule has 1 fully saturated rings. The molecule has 122 valence electrons. The first-order valence-electron chi connectivity index (χ1n) is 6.42. The van der Waals surface area contributed by atoms with Gasteiger partial charge in [-0.25, -0.2) is 4.98 Å². The molecule has 9 heteroatoms. The average molecular weight is 357 g/mol. The number of hydrogen-bond donors (Lipinski definition) is 3. The fourth-order valence-electron chi connectivity index (χ4n) is 2.19. The van der Waals surface area contributed by atoms with Gasteiger partial charge in [-0.05, 0) is 25.9 Å². The zero-order valence-electron chi connectivity index (χ0n) is 11.9. The summed E-state index contributed by atoms with van der Waals surface area (Å²) in [6, 6.07) is 0. The number of piperidine rings is 1. The van der Waals surface area contributed by atoms with E-state index in [-0.39, 0.29) is 30.7 Å². The molecule has 0 radical (unpaired) electrons. The highest BCUT2D eigenvalue weighted by atomic mass is 35.5. The lowest BCUT2D eigenvalue weighted by molar-refractivity contribution is -0.126. The molecular formula is C12H22Cl2N4O2S. The predicted octanol–water partition coefficient (Wildman–Crippen LogP) is 1.28. The first kappa shape index (κ1) is 20.4. The Morgan fingerprint density at radius 2 is 2.19 bits per heavy atom. The lowest BCUT2D eigenvalue weighted by atomic mass is 9.87. The Morgan fingerprint density at radius 3 is 2.76 bits per heavy atom. The zero-order valence-corrected chi connectivity index (χ0v) is 14.3. The van der Waals surface area contributed by atoms with Crippen molar-refractivity contribution in [2.45, 2.75) is 18.4 Å². The van der Waals surface area contributed by atoms with Crippen LogP contribution in [0.25, 0.3) is 0 Å². The Morgan fingerprint density at radius 1 is 1.48 bits per heavy atom. The molecule has 1 amide bonds. The summed E-state index contributed by atoms with van der Waals surface area (Å²) in [7, 11) is 1.63. The molecule has 1 aromatic heterocycles. The monoisotopic (exact) mass is 356 g/mol. The van der Waals surface area contributed by atoms with E-state index in [1.54, 1.807) is 13.3 Å². The van der Waals surface area contributed by atoms with Gasteiger partial charge in [-0.2, -0.15) is 0 Å². The second-order valence-electron chi connectivity index (χ2n) is 4.54. The van der Waals surface area contributed by atoms with Crippen molar-refractivity contribution in [1.29, 1.82) is 0 Å². The van der Waals surface area contributed by atoms with Crippen molar-refractivity contribution in [2.24, 2.45) is 0 Å². The van der Waals surface area contributed by atoms with Crippen LogP contribution in [-0.2, 0) is 9.53 Å². The number of nitrogens with zero attached hydrogens (tertiary/aromatic N) is 1. The van der Waals surface area contributed by atoms with E-state index >= 15 is 0 Å². The average Bonchev–Trinajstić information content (AvgIpc) is 2.92. The van der Waals surface area contributed by atoms with Gasteiger partial charge in [0, 0.05) is 25.2 Å². The molecule has 0 saturated carbocycles. The Hall–Kier alpha value is -0.600. The maximum absolute atomic E-state index is 12.4. The Bertz CT molecular complexity index is 400. The fraction of sp³-hybridized carbons (Fsp3) is 0.667. The normalized spacial score (nSPS) is 16.2. The maximum atomic E-state index is 12.4. The number of nitrogens with one attached hydrogen (secondary N) is 3. The van der Waals surface area contributed by atoms with E-state index in [0.717, 1.165) is 31.1 Å². The van der Waals surface area contributed by atoms with Crippen molar-refractivity contribution in [3.05, 3.63) is 11.6 Å². The molecule has 2 heterocycles. The second-order valence-corrected chi connectivity index (χ2v) is 5.44. The lowest BCUT2D eigenvalue weighted by Gasteiger charge is -2.36. The van der Waals surface area contributed by atoms with Gasteiger partial charge in [0.15, 0.2) is 5.13 Å². The van der Waals surface area contributed by atoms with E-state index in [1.807, 2.05) is 5.38 Å². The van der Waals surface area contributed by atoms with Gasteiger partial charge in [-0.3, -0.25) is 4.79 Å². The van der Waals surface area contributed by atoms with Crippen molar-refractivity contribution in [3.63, 3.8) is 0 Å². The van der Waals surface area contributed by atoms with E-state index in [4.69, 9.17) is 4.74 Å². The predicted molar refractivity (Wildman–Crippen MR) is 90.0 cm³/mol. The third-order valence-electron chi connectivity index (χ3n) is 3.26. The summed E-state index contributed by atoms with van der Waals surface area (Å²) < 4.78 is 4.96. The minimum atomic E-state index is -0.559. The van der Waals surface area contributed by atoms with E-state index in [1.165, 1.54) is 11.3 Å². The molecule has 0 spiro atoms. The summed E-state index contributed by atoms with van der Waals surface area (Å²) in [4.78, 5) is 16.7. The van der Waals surface area contributed by atoms with Gasteiger partial charge in [0.25, 0.3) is 0 Å². The number of methoxy groups -OCH3 is 1. The van der Waals surface area contributed by atoms with Crippen LogP contribution in [0.4, 0.5) is 5.13 Å². The van der Waals surface area contributed by atoms with Crippen molar-refractivity contribution in [3.8, 4) is 0 Å². The van der Waals surface area contributed by atoms with Crippen LogP contribution in [0.1, 0.15) is 12.8 Å². The summed E-state index contributed by atoms with van der Waals surface area (Å²) in [5.74, 6) is 0.0289. The molecule has 2 rings (SSSR count). The van der Waals surface area contributed by atoms with E-state index in [9.17, 15) is 4.79 Å². The van der Waals surface area contributed by atoms with Crippen molar-refractivity contribution < 1.29 is 9.53 Å². The Balaban J connectivity index is 0.00000200. The molecule has 6 nitrogen and oxygen atoms in total. The highest BCUT2D eigenvalue weighted by Crippen LogP contribution is 2.25. The van der Waals surface area contributed by atoms with Gasteiger partial charge in [0.1, 0.15) is 5.54 Å². The van der Waals surface area contributed by atoms with Crippen LogP contribution in [0.3, 0.4) is 0 Å². The summed E-state index contributed by atoms with van der Waals surface area (Å²) in [6.07, 6.45) is 3.25. The molecule has 0 atom stereocenters. The van der Waals surface area contributed by atoms with Crippen molar-refractivity contribution >= 4 is 47.2 Å². The number of rotatable bonds is 6. The van der Waals surface area contributed by atoms with Gasteiger partial charge in [0.2, 0.25) is 5.91 Å². The maximum Gasteiger partial charge on any atom is 0.245 e. The summed E-state index contributed by atoms with van der Waals surface area (Å²) in [5.41, 5.74) is -0.559. The van der Waals surface area contributed by atoms with Crippen LogP contribution in [-0.4, -0.2) is 49.8 Å². The highest BCUT2D eigenvalue weighted by Gasteiger charge is 2.39. The molecule has 1 aliphatic heterocycles. The number of aromatic nitrogens is 1. The molecule has 1 aliphatic rings. The summed E-state index contributed by atoms with van der Waals surface area (Å²) >= 11 is 1.51. The van der Waals surface area contributed by atoms with E-state index in [2.05, 4.69) is 20.9 Å². The molecule has 21 heavy (non-hydrogen) atoms. The van der Waals surface area contributed by atoms with Gasteiger partial charge in [0.05, 0.1) is 6.61 Å². The number of hydrogen-bond acceptors (Lipinski definition) is 6. The first-order chi connectivity index (χ1) is 9.27. The number of thiazole rings is 1. The molecule has 1 saturated heterocycles. The van der Waals surface area contributed by atoms with Crippen LogP contribution in [0.15, 0.2) is 11.6 Å². The minimum Gasteiger partial charge on any atom is -0.383 e. The van der Waals surface area contributed by atoms with Gasteiger partial charge in [-0.15, -0.1) is 36.2 Å². The second kappa shape index (κ2) is 10.2. The third-order valence-corrected chi connectivity index (χ3v) is 3.95. The lowest BCUT2D eigenvalue weighted by Crippen LogP contribution is -2.58. The third kappa shape index (κ3) is 5.60. The number of halogens is 2. The molecule has 0 aliphatic carbocycles. The van der Waals surface area contributed by atoms with Crippen LogP contribution in [0.5, 0.6) is 0 Å². The van der Waals surface area contributed by atoms with Gasteiger partial charge >= 0.3 is 0 Å². The molecule has 0 bridgehead atoms. The standard InChI is InChI=1S/C12H20N4O2S.2ClH/c1-18-8-6-14-10(17)12(2-4-13-5-3-12)16-11-15-7-9-19-11;;/h7,9,13H,2-6,8H2,1H3,(H,14,17)(H,15,16);2*1H. The molecule has 0 unspecified atom stereocenters. The topological polar surface area (TPSA) is 75.3 Å².